The molecule has 0 radical (unpaired) electrons. The lowest BCUT2D eigenvalue weighted by Gasteiger charge is -2.15. The predicted molar refractivity (Wildman–Crippen MR) is 93.3 cm³/mol. The van der Waals surface area contributed by atoms with Gasteiger partial charge in [0.15, 0.2) is 0 Å². The van der Waals surface area contributed by atoms with Crippen LogP contribution in [0.4, 0.5) is 5.82 Å². The van der Waals surface area contributed by atoms with Crippen LogP contribution in [0.1, 0.15) is 25.0 Å². The summed E-state index contributed by atoms with van der Waals surface area (Å²) in [4.78, 5) is 4.91. The molecule has 0 atom stereocenters. The Hall–Kier alpha value is -2.35. The van der Waals surface area contributed by atoms with Crippen molar-refractivity contribution >= 4 is 16.7 Å². The van der Waals surface area contributed by atoms with Gasteiger partial charge in [-0.2, -0.15) is 0 Å². The highest BCUT2D eigenvalue weighted by atomic mass is 15.0. The highest BCUT2D eigenvalue weighted by Gasteiger charge is 2.24. The Labute approximate surface area is 131 Å². The molecule has 1 aliphatic carbocycles. The molecule has 2 nitrogen and oxygen atoms in total. The number of nitrogens with one attached hydrogen (secondary N) is 1. The van der Waals surface area contributed by atoms with Crippen LogP contribution < -0.4 is 5.32 Å². The van der Waals surface area contributed by atoms with E-state index in [1.165, 1.54) is 27.6 Å². The van der Waals surface area contributed by atoms with Gasteiger partial charge in [0.1, 0.15) is 5.82 Å². The van der Waals surface area contributed by atoms with Gasteiger partial charge in [-0.3, -0.25) is 0 Å². The van der Waals surface area contributed by atoms with E-state index < -0.39 is 0 Å². The molecule has 0 saturated heterocycles. The molecular weight excluding hydrogens is 268 g/mol. The number of pyridine rings is 1. The van der Waals surface area contributed by atoms with Gasteiger partial charge in [-0.1, -0.05) is 56.3 Å². The molecule has 0 spiro atoms. The van der Waals surface area contributed by atoms with Crippen molar-refractivity contribution in [3.63, 3.8) is 0 Å². The molecule has 1 N–H and O–H groups in total. The molecule has 3 aromatic rings. The standard InChI is InChI=1S/C20H20N2/c1-13(2)12-21-20-19-15-8-4-3-7-14(15)11-17(19)16-9-5-6-10-18(16)22-20/h3-10,13H,11-12H2,1-2H3,(H,21,22). The zero-order valence-corrected chi connectivity index (χ0v) is 13.1. The van der Waals surface area contributed by atoms with Crippen LogP contribution in [0.5, 0.6) is 0 Å². The Morgan fingerprint density at radius 1 is 1.05 bits per heavy atom. The molecule has 1 heterocycles. The van der Waals surface area contributed by atoms with Gasteiger partial charge in [-0.25, -0.2) is 4.98 Å². The van der Waals surface area contributed by atoms with Gasteiger partial charge in [-0.05, 0) is 35.1 Å². The van der Waals surface area contributed by atoms with Gasteiger partial charge in [0.05, 0.1) is 5.52 Å². The third-order valence-corrected chi connectivity index (χ3v) is 4.33. The molecule has 22 heavy (non-hydrogen) atoms. The number of rotatable bonds is 3. The van der Waals surface area contributed by atoms with Crippen LogP contribution in [0.2, 0.25) is 0 Å². The fourth-order valence-electron chi connectivity index (χ4n) is 3.29. The number of para-hydroxylation sites is 1. The van der Waals surface area contributed by atoms with Crippen LogP contribution in [-0.2, 0) is 6.42 Å². The summed E-state index contributed by atoms with van der Waals surface area (Å²) in [6.07, 6.45) is 1.00. The topological polar surface area (TPSA) is 24.9 Å². The highest BCUT2D eigenvalue weighted by Crippen LogP contribution is 2.43. The van der Waals surface area contributed by atoms with E-state index in [0.717, 1.165) is 24.3 Å². The van der Waals surface area contributed by atoms with Gasteiger partial charge in [0, 0.05) is 17.5 Å². The zero-order chi connectivity index (χ0) is 15.1. The highest BCUT2D eigenvalue weighted by molar-refractivity contribution is 5.97. The third-order valence-electron chi connectivity index (χ3n) is 4.33. The van der Waals surface area contributed by atoms with Crippen LogP contribution in [0.25, 0.3) is 22.0 Å². The largest absolute Gasteiger partial charge is 0.369 e. The van der Waals surface area contributed by atoms with Crippen molar-refractivity contribution in [1.82, 2.24) is 4.98 Å². The molecule has 0 amide bonds. The second-order valence-electron chi connectivity index (χ2n) is 6.44. The maximum Gasteiger partial charge on any atom is 0.134 e. The molecular formula is C20H20N2. The van der Waals surface area contributed by atoms with Gasteiger partial charge in [-0.15, -0.1) is 0 Å². The van der Waals surface area contributed by atoms with E-state index in [0.29, 0.717) is 5.92 Å². The van der Waals surface area contributed by atoms with E-state index in [4.69, 9.17) is 4.98 Å². The van der Waals surface area contributed by atoms with Crippen molar-refractivity contribution in [2.75, 3.05) is 11.9 Å². The fraction of sp³-hybridized carbons (Fsp3) is 0.250. The van der Waals surface area contributed by atoms with Gasteiger partial charge >= 0.3 is 0 Å². The van der Waals surface area contributed by atoms with Crippen LogP contribution in [-0.4, -0.2) is 11.5 Å². The first-order valence-corrected chi connectivity index (χ1v) is 7.98. The Kier molecular flexibility index (Phi) is 3.11. The van der Waals surface area contributed by atoms with Crippen molar-refractivity contribution < 1.29 is 0 Å². The molecule has 2 aromatic carbocycles. The van der Waals surface area contributed by atoms with E-state index in [2.05, 4.69) is 67.7 Å². The summed E-state index contributed by atoms with van der Waals surface area (Å²) >= 11 is 0. The SMILES string of the molecule is CC(C)CNc1nc2ccccc2c2c1-c1ccccc1C2. The second kappa shape index (κ2) is 5.13. The summed E-state index contributed by atoms with van der Waals surface area (Å²) in [5.41, 5.74) is 6.54. The number of hydrogen-bond donors (Lipinski definition) is 1. The Bertz CT molecular complexity index is 849. The summed E-state index contributed by atoms with van der Waals surface area (Å²) in [5, 5.41) is 4.85. The Morgan fingerprint density at radius 2 is 1.82 bits per heavy atom. The number of anilines is 1. The number of hydrogen-bond acceptors (Lipinski definition) is 2. The van der Waals surface area contributed by atoms with Crippen LogP contribution in [0.3, 0.4) is 0 Å². The monoisotopic (exact) mass is 288 g/mol. The minimum Gasteiger partial charge on any atom is -0.369 e. The molecule has 0 unspecified atom stereocenters. The first kappa shape index (κ1) is 13.3. The van der Waals surface area contributed by atoms with Crippen molar-refractivity contribution in [1.29, 1.82) is 0 Å². The smallest absolute Gasteiger partial charge is 0.134 e. The van der Waals surface area contributed by atoms with Crippen LogP contribution in [0, 0.1) is 5.92 Å². The minimum absolute atomic E-state index is 0.598. The summed E-state index contributed by atoms with van der Waals surface area (Å²) in [6, 6.07) is 17.2. The number of benzene rings is 2. The third kappa shape index (κ3) is 2.07. The van der Waals surface area contributed by atoms with Gasteiger partial charge < -0.3 is 5.32 Å². The molecule has 2 heteroatoms. The predicted octanol–water partition coefficient (Wildman–Crippen LogP) is 4.87. The summed E-state index contributed by atoms with van der Waals surface area (Å²) in [7, 11) is 0. The van der Waals surface area contributed by atoms with E-state index in [-0.39, 0.29) is 0 Å². The molecule has 1 aliphatic rings. The average molecular weight is 288 g/mol. The summed E-state index contributed by atoms with van der Waals surface area (Å²) in [5.74, 6) is 1.63. The molecule has 0 bridgehead atoms. The van der Waals surface area contributed by atoms with E-state index in [1.54, 1.807) is 0 Å². The molecule has 4 rings (SSSR count). The number of aromatic nitrogens is 1. The summed E-state index contributed by atoms with van der Waals surface area (Å²) in [6.45, 7) is 5.39. The molecule has 110 valence electrons. The molecule has 0 saturated carbocycles. The van der Waals surface area contributed by atoms with Crippen molar-refractivity contribution in [2.45, 2.75) is 20.3 Å². The fourth-order valence-corrected chi connectivity index (χ4v) is 3.29. The van der Waals surface area contributed by atoms with E-state index in [1.807, 2.05) is 0 Å². The average Bonchev–Trinajstić information content (AvgIpc) is 2.92. The van der Waals surface area contributed by atoms with Gasteiger partial charge in [0.25, 0.3) is 0 Å². The first-order chi connectivity index (χ1) is 10.7. The Balaban J connectivity index is 1.96. The molecule has 1 aromatic heterocycles. The normalized spacial score (nSPS) is 12.5. The van der Waals surface area contributed by atoms with E-state index >= 15 is 0 Å². The maximum atomic E-state index is 4.91. The lowest BCUT2D eigenvalue weighted by Crippen LogP contribution is -2.10. The lowest BCUT2D eigenvalue weighted by molar-refractivity contribution is 0.687. The number of nitrogens with zero attached hydrogens (tertiary/aromatic N) is 1. The van der Waals surface area contributed by atoms with Crippen LogP contribution in [0.15, 0.2) is 48.5 Å². The second-order valence-corrected chi connectivity index (χ2v) is 6.44. The van der Waals surface area contributed by atoms with Crippen molar-refractivity contribution in [2.24, 2.45) is 5.92 Å². The quantitative estimate of drug-likeness (QED) is 0.581. The minimum atomic E-state index is 0.598. The van der Waals surface area contributed by atoms with Gasteiger partial charge in [0.2, 0.25) is 0 Å². The van der Waals surface area contributed by atoms with E-state index in [9.17, 15) is 0 Å². The first-order valence-electron chi connectivity index (χ1n) is 7.98. The van der Waals surface area contributed by atoms with Crippen molar-refractivity contribution in [3.05, 3.63) is 59.7 Å². The maximum absolute atomic E-state index is 4.91. The number of fused-ring (bicyclic) bond motifs is 5. The summed E-state index contributed by atoms with van der Waals surface area (Å²) < 4.78 is 0. The molecule has 0 aliphatic heterocycles. The zero-order valence-electron chi connectivity index (χ0n) is 13.1. The lowest BCUT2D eigenvalue weighted by atomic mass is 10.0. The van der Waals surface area contributed by atoms with Crippen molar-refractivity contribution in [3.8, 4) is 11.1 Å². The Morgan fingerprint density at radius 3 is 2.68 bits per heavy atom. The molecule has 0 fully saturated rings. The van der Waals surface area contributed by atoms with Crippen LogP contribution >= 0.6 is 0 Å².